The van der Waals surface area contributed by atoms with Gasteiger partial charge in [-0.3, -0.25) is 38.7 Å². The van der Waals surface area contributed by atoms with Crippen LogP contribution in [-0.2, 0) is 45.3 Å². The van der Waals surface area contributed by atoms with Gasteiger partial charge in [0.2, 0.25) is 17.7 Å². The molecule has 0 bridgehead atoms. The average Bonchev–Trinajstić information content (AvgIpc) is 3.59. The van der Waals surface area contributed by atoms with Gasteiger partial charge in [-0.1, -0.05) is 61.0 Å². The lowest BCUT2D eigenvalue weighted by Crippen LogP contribution is -2.55. The maximum Gasteiger partial charge on any atom is 0.255 e. The van der Waals surface area contributed by atoms with Gasteiger partial charge in [0.15, 0.2) is 11.5 Å². The number of pyridine rings is 1. The van der Waals surface area contributed by atoms with Crippen LogP contribution in [0.25, 0.3) is 21.3 Å². The van der Waals surface area contributed by atoms with Crippen molar-refractivity contribution in [3.05, 3.63) is 128 Å². The highest BCUT2D eigenvalue weighted by Gasteiger charge is 2.58. The summed E-state index contributed by atoms with van der Waals surface area (Å²) in [5.74, 6) is 6.93. The fraction of sp³-hybridized carbons (Fsp3) is 0.459. The van der Waals surface area contributed by atoms with E-state index in [0.29, 0.717) is 92.2 Å². The number of likely N-dealkylation sites (tertiary alicyclic amines) is 2. The Kier molecular flexibility index (Phi) is 15.6. The molecule has 3 saturated heterocycles. The van der Waals surface area contributed by atoms with Gasteiger partial charge in [-0.05, 0) is 123 Å². The predicted octanol–water partition coefficient (Wildman–Crippen LogP) is 11.1. The Morgan fingerprint density at radius 2 is 1.62 bits per heavy atom. The van der Waals surface area contributed by atoms with E-state index in [2.05, 4.69) is 85.3 Å². The van der Waals surface area contributed by atoms with E-state index >= 15 is 0 Å². The molecule has 5 atom stereocenters. The van der Waals surface area contributed by atoms with E-state index in [9.17, 15) is 14.4 Å². The highest BCUT2D eigenvalue weighted by molar-refractivity contribution is 7.19. The van der Waals surface area contributed by atoms with Crippen molar-refractivity contribution in [3.8, 4) is 34.5 Å². The number of benzene rings is 3. The number of piperidine rings is 2. The van der Waals surface area contributed by atoms with Crippen LogP contribution >= 0.6 is 34.5 Å². The fourth-order valence-electron chi connectivity index (χ4n) is 12.0. The van der Waals surface area contributed by atoms with Gasteiger partial charge < -0.3 is 19.1 Å². The number of fused-ring (bicyclic) bond motifs is 3. The van der Waals surface area contributed by atoms with Crippen LogP contribution in [0.2, 0.25) is 10.0 Å². The van der Waals surface area contributed by atoms with Crippen LogP contribution in [-0.4, -0.2) is 109 Å². The Bertz CT molecular complexity index is 3220. The first-order chi connectivity index (χ1) is 37.2. The van der Waals surface area contributed by atoms with Crippen molar-refractivity contribution in [2.75, 3.05) is 39.4 Å². The normalized spacial score (nSPS) is 21.3. The summed E-state index contributed by atoms with van der Waals surface area (Å²) in [6.45, 7) is 18.0. The molecule has 13 nitrogen and oxygen atoms in total. The van der Waals surface area contributed by atoms with E-state index in [1.807, 2.05) is 65.8 Å². The minimum Gasteiger partial charge on any atom is -0.448 e. The Hall–Kier alpha value is -5.79. The zero-order valence-corrected chi connectivity index (χ0v) is 46.9. The highest BCUT2D eigenvalue weighted by Crippen LogP contribution is 2.48. The highest BCUT2D eigenvalue weighted by atomic mass is 35.5. The molecule has 1 saturated carbocycles. The zero-order valence-electron chi connectivity index (χ0n) is 44.6. The maximum atomic E-state index is 13.7. The summed E-state index contributed by atoms with van der Waals surface area (Å²) in [6, 6.07) is 22.3. The van der Waals surface area contributed by atoms with Crippen molar-refractivity contribution in [1.82, 2.24) is 34.4 Å². The number of hydrogen-bond acceptors (Lipinski definition) is 11. The molecular formula is C61H67Cl2N7O6S. The Morgan fingerprint density at radius 1 is 0.870 bits per heavy atom. The summed E-state index contributed by atoms with van der Waals surface area (Å²) in [6.07, 6.45) is 10.5. The van der Waals surface area contributed by atoms with E-state index in [-0.39, 0.29) is 41.4 Å². The number of aromatic nitrogens is 3. The minimum absolute atomic E-state index is 0.0341. The molecule has 11 rings (SSSR count). The third kappa shape index (κ3) is 11.5. The van der Waals surface area contributed by atoms with Crippen LogP contribution in [0.4, 0.5) is 0 Å². The second-order valence-electron chi connectivity index (χ2n) is 22.2. The van der Waals surface area contributed by atoms with E-state index in [1.54, 1.807) is 11.3 Å². The van der Waals surface area contributed by atoms with Crippen molar-refractivity contribution < 1.29 is 28.6 Å². The van der Waals surface area contributed by atoms with Crippen molar-refractivity contribution in [2.24, 2.45) is 17.8 Å². The molecule has 16 heteroatoms. The number of ether oxygens (including phenoxy) is 3. The number of rotatable bonds is 17. The van der Waals surface area contributed by atoms with Gasteiger partial charge in [0.05, 0.1) is 47.3 Å². The van der Waals surface area contributed by atoms with Crippen molar-refractivity contribution in [2.45, 2.75) is 123 Å². The number of nitrogens with zero attached hydrogens (tertiary/aromatic N) is 7. The minimum atomic E-state index is -0.771. The molecule has 402 valence electrons. The molecule has 3 amide bonds. The lowest BCUT2D eigenvalue weighted by Gasteiger charge is -2.45. The Balaban J connectivity index is 0.601. The number of halogens is 2. The molecule has 2 unspecified atom stereocenters. The summed E-state index contributed by atoms with van der Waals surface area (Å²) < 4.78 is 21.9. The molecule has 6 aromatic rings. The number of amides is 3. The molecule has 4 fully saturated rings. The molecule has 3 aromatic carbocycles. The van der Waals surface area contributed by atoms with Crippen LogP contribution in [0.3, 0.4) is 0 Å². The van der Waals surface area contributed by atoms with E-state index < -0.39 is 5.79 Å². The van der Waals surface area contributed by atoms with Gasteiger partial charge in [0, 0.05) is 128 Å². The zero-order chi connectivity index (χ0) is 53.5. The van der Waals surface area contributed by atoms with Crippen LogP contribution in [0.5, 0.6) is 11.5 Å². The van der Waals surface area contributed by atoms with Crippen LogP contribution < -0.4 is 9.47 Å². The predicted molar refractivity (Wildman–Crippen MR) is 301 cm³/mol. The Morgan fingerprint density at radius 3 is 2.38 bits per heavy atom. The number of hydrogen-bond donors (Lipinski definition) is 0. The summed E-state index contributed by atoms with van der Waals surface area (Å²) in [5.41, 5.74) is 8.51. The summed E-state index contributed by atoms with van der Waals surface area (Å²) in [4.78, 5) is 53.5. The van der Waals surface area contributed by atoms with Gasteiger partial charge in [-0.15, -0.1) is 11.3 Å². The SMILES string of the molecule is Cc1cc(Cl)cc(-c2ccnc3cc(CN4C(=O)C5CC5C4=O)sc23)c1CN1[C@@H](C)CN(Cc2cnn(CCCCOCCC#Cc3ccc4c(c3)OC3(CCN(C(=O)[C@H](c5ccc(Cl)cc5)C(C)C)CC3)O4)c2)C[C@@H]1C. The molecule has 7 heterocycles. The topological polar surface area (TPSA) is 123 Å². The Labute approximate surface area is 465 Å². The molecule has 0 radical (unpaired) electrons. The molecule has 1 aliphatic carbocycles. The fourth-order valence-corrected chi connectivity index (χ4v) is 13.5. The molecule has 4 aliphatic heterocycles. The molecule has 5 aliphatic rings. The number of piperazine rings is 1. The van der Waals surface area contributed by atoms with Gasteiger partial charge in [-0.2, -0.15) is 5.10 Å². The first kappa shape index (κ1) is 53.2. The molecular weight excluding hydrogens is 1030 g/mol. The van der Waals surface area contributed by atoms with E-state index in [0.717, 1.165) is 88.5 Å². The van der Waals surface area contributed by atoms with Crippen LogP contribution in [0, 0.1) is 36.5 Å². The summed E-state index contributed by atoms with van der Waals surface area (Å²) in [7, 11) is 0. The standard InChI is InChI=1S/C61H67Cl2N7O6S/c1-38(2)56(44-12-14-45(62)15-13-44)60(73)67-22-18-61(19-23-67)75-54-16-11-42(27-55(54)76-61)10-6-8-24-74-25-9-7-21-68-35-43(31-65-68)34-66-32-40(4)69(41(5)33-66)37-52-39(3)26-46(63)28-49(52)48-17-20-64-53-29-47(77-57(48)53)36-70-58(71)50-30-51(50)59(70)72/h11-17,20,26-29,31,35,38,40-41,50-51,56H,7-9,18-19,21-25,30,32-34,36-37H2,1-5H3/t40-,41-,50?,51?,56-/m0/s1. The number of carbonyl (C=O) groups excluding carboxylic acids is 3. The smallest absolute Gasteiger partial charge is 0.255 e. The van der Waals surface area contributed by atoms with Crippen molar-refractivity contribution in [1.29, 1.82) is 0 Å². The molecule has 77 heavy (non-hydrogen) atoms. The van der Waals surface area contributed by atoms with E-state index in [4.69, 9.17) is 47.5 Å². The summed E-state index contributed by atoms with van der Waals surface area (Å²) in [5, 5.41) is 6.07. The first-order valence-electron chi connectivity index (χ1n) is 27.3. The van der Waals surface area contributed by atoms with Crippen molar-refractivity contribution in [3.63, 3.8) is 0 Å². The third-order valence-electron chi connectivity index (χ3n) is 16.1. The van der Waals surface area contributed by atoms with Crippen molar-refractivity contribution >= 4 is 62.5 Å². The lowest BCUT2D eigenvalue weighted by atomic mass is 9.86. The van der Waals surface area contributed by atoms with Gasteiger partial charge in [0.25, 0.3) is 5.79 Å². The maximum absolute atomic E-state index is 13.7. The molecule has 3 aromatic heterocycles. The number of imide groups is 1. The van der Waals surface area contributed by atoms with Crippen LogP contribution in [0.1, 0.15) is 105 Å². The quantitative estimate of drug-likeness (QED) is 0.0496. The summed E-state index contributed by atoms with van der Waals surface area (Å²) >= 11 is 14.5. The molecule has 1 spiro atoms. The third-order valence-corrected chi connectivity index (χ3v) is 17.7. The molecule has 0 N–H and O–H groups in total. The number of aryl methyl sites for hydroxylation is 2. The van der Waals surface area contributed by atoms with E-state index in [1.165, 1.54) is 16.0 Å². The second-order valence-corrected chi connectivity index (χ2v) is 24.2. The second kappa shape index (κ2) is 22.5. The average molecular weight is 1100 g/mol. The number of carbonyl (C=O) groups is 3. The first-order valence-corrected chi connectivity index (χ1v) is 28.9. The van der Waals surface area contributed by atoms with Gasteiger partial charge in [0.1, 0.15) is 0 Å². The number of thiophene rings is 1. The van der Waals surface area contributed by atoms with Gasteiger partial charge >= 0.3 is 0 Å². The number of unbranched alkanes of at least 4 members (excludes halogenated alkanes) is 1. The monoisotopic (exact) mass is 1100 g/mol. The van der Waals surface area contributed by atoms with Crippen LogP contribution in [0.15, 0.2) is 85.3 Å². The lowest BCUT2D eigenvalue weighted by molar-refractivity contribution is -0.148. The van der Waals surface area contributed by atoms with Gasteiger partial charge in [-0.25, -0.2) is 0 Å². The largest absolute Gasteiger partial charge is 0.448 e.